The van der Waals surface area contributed by atoms with E-state index in [9.17, 15) is 12.8 Å². The van der Waals surface area contributed by atoms with E-state index in [4.69, 9.17) is 0 Å². The summed E-state index contributed by atoms with van der Waals surface area (Å²) >= 11 is 0. The summed E-state index contributed by atoms with van der Waals surface area (Å²) in [5.41, 5.74) is 1.57. The number of nitrogens with zero attached hydrogens (tertiary/aromatic N) is 3. The lowest BCUT2D eigenvalue weighted by Crippen LogP contribution is -2.57. The van der Waals surface area contributed by atoms with E-state index in [0.29, 0.717) is 44.2 Å². The molecule has 0 unspecified atom stereocenters. The van der Waals surface area contributed by atoms with Crippen molar-refractivity contribution in [1.29, 1.82) is 0 Å². The lowest BCUT2D eigenvalue weighted by atomic mass is 10.1. The molecule has 152 valence electrons. The first-order valence-electron chi connectivity index (χ1n) is 9.23. The van der Waals surface area contributed by atoms with E-state index in [1.807, 2.05) is 36.9 Å². The summed E-state index contributed by atoms with van der Waals surface area (Å²) in [5, 5.41) is 3.24. The second-order valence-corrected chi connectivity index (χ2v) is 10.6. The Morgan fingerprint density at radius 3 is 2.67 bits per heavy atom. The van der Waals surface area contributed by atoms with Gasteiger partial charge in [0.1, 0.15) is 5.82 Å². The molecule has 1 aromatic rings. The van der Waals surface area contributed by atoms with Crippen molar-refractivity contribution in [3.63, 3.8) is 0 Å². The van der Waals surface area contributed by atoms with Gasteiger partial charge in [-0.2, -0.15) is 0 Å². The minimum absolute atomic E-state index is 0.119. The second-order valence-electron chi connectivity index (χ2n) is 7.83. The Morgan fingerprint density at radius 1 is 1.37 bits per heavy atom. The number of nitrogens with one attached hydrogen (secondary N) is 1. The number of aliphatic imine (C=N–C) groups is 1. The molecule has 0 bridgehead atoms. The Hall–Kier alpha value is -1.67. The van der Waals surface area contributed by atoms with Crippen LogP contribution in [0.1, 0.15) is 31.9 Å². The SMILES string of the molecule is CCNC(=NCc1ccc(F)c(CN(C)C)c1)N1CCS(=O)(=O)C(C)(C)C1. The highest BCUT2D eigenvalue weighted by atomic mass is 32.2. The summed E-state index contributed by atoms with van der Waals surface area (Å²) in [6.45, 7) is 7.95. The van der Waals surface area contributed by atoms with Crippen LogP contribution in [0.3, 0.4) is 0 Å². The number of sulfone groups is 1. The summed E-state index contributed by atoms with van der Waals surface area (Å²) in [6, 6.07) is 5.06. The molecule has 0 radical (unpaired) electrons. The van der Waals surface area contributed by atoms with Crippen molar-refractivity contribution in [3.8, 4) is 0 Å². The van der Waals surface area contributed by atoms with Gasteiger partial charge in [-0.3, -0.25) is 0 Å². The van der Waals surface area contributed by atoms with Crippen LogP contribution >= 0.6 is 0 Å². The molecule has 6 nitrogen and oxygen atoms in total. The summed E-state index contributed by atoms with van der Waals surface area (Å²) in [4.78, 5) is 8.59. The van der Waals surface area contributed by atoms with Crippen molar-refractivity contribution in [3.05, 3.63) is 35.1 Å². The van der Waals surface area contributed by atoms with Crippen LogP contribution in [0.15, 0.2) is 23.2 Å². The molecule has 27 heavy (non-hydrogen) atoms. The molecule has 0 aromatic heterocycles. The number of hydrogen-bond acceptors (Lipinski definition) is 4. The van der Waals surface area contributed by atoms with Crippen molar-refractivity contribution in [2.45, 2.75) is 38.6 Å². The Bertz CT molecular complexity index is 791. The molecule has 0 atom stereocenters. The lowest BCUT2D eigenvalue weighted by molar-refractivity contribution is 0.353. The van der Waals surface area contributed by atoms with Gasteiger partial charge in [0.05, 0.1) is 17.0 Å². The fourth-order valence-corrected chi connectivity index (χ4v) is 4.47. The van der Waals surface area contributed by atoms with E-state index in [2.05, 4.69) is 10.3 Å². The van der Waals surface area contributed by atoms with Crippen LogP contribution in [-0.4, -0.2) is 68.4 Å². The molecule has 8 heteroatoms. The van der Waals surface area contributed by atoms with Gasteiger partial charge in [0, 0.05) is 31.7 Å². The van der Waals surface area contributed by atoms with Gasteiger partial charge in [-0.15, -0.1) is 0 Å². The molecule has 0 saturated carbocycles. The third-order valence-corrected chi connectivity index (χ3v) is 7.22. The Labute approximate surface area is 162 Å². The lowest BCUT2D eigenvalue weighted by Gasteiger charge is -2.39. The normalized spacial score (nSPS) is 19.4. The van der Waals surface area contributed by atoms with Gasteiger partial charge in [-0.05, 0) is 52.6 Å². The van der Waals surface area contributed by atoms with Crippen molar-refractivity contribution < 1.29 is 12.8 Å². The minimum Gasteiger partial charge on any atom is -0.357 e. The highest BCUT2D eigenvalue weighted by Gasteiger charge is 2.40. The van der Waals surface area contributed by atoms with Crippen LogP contribution < -0.4 is 5.32 Å². The van der Waals surface area contributed by atoms with Crippen molar-refractivity contribution in [2.24, 2.45) is 4.99 Å². The van der Waals surface area contributed by atoms with Crippen molar-refractivity contribution in [1.82, 2.24) is 15.1 Å². The average Bonchev–Trinajstić information content (AvgIpc) is 2.56. The largest absolute Gasteiger partial charge is 0.357 e. The molecule has 0 spiro atoms. The topological polar surface area (TPSA) is 65.0 Å². The van der Waals surface area contributed by atoms with E-state index >= 15 is 0 Å². The first-order chi connectivity index (χ1) is 12.6. The number of hydrogen-bond donors (Lipinski definition) is 1. The summed E-state index contributed by atoms with van der Waals surface area (Å²) < 4.78 is 37.6. The molecule has 1 aliphatic rings. The third-order valence-electron chi connectivity index (χ3n) is 4.69. The predicted octanol–water partition coefficient (Wildman–Crippen LogP) is 1.86. The first-order valence-corrected chi connectivity index (χ1v) is 10.9. The third kappa shape index (κ3) is 5.42. The minimum atomic E-state index is -3.10. The first kappa shape index (κ1) is 21.6. The molecule has 1 heterocycles. The molecular formula is C19H31FN4O2S. The summed E-state index contributed by atoms with van der Waals surface area (Å²) in [7, 11) is 0.703. The summed E-state index contributed by atoms with van der Waals surface area (Å²) in [6.07, 6.45) is 0. The standard InChI is InChI=1S/C19H31FN4O2S/c1-6-21-18(24-9-10-27(25,26)19(2,3)14-24)22-12-15-7-8-17(20)16(11-15)13-23(4)5/h7-8,11H,6,9-10,12-14H2,1-5H3,(H,21,22). The van der Waals surface area contributed by atoms with E-state index in [1.54, 1.807) is 19.9 Å². The van der Waals surface area contributed by atoms with E-state index in [0.717, 1.165) is 5.56 Å². The van der Waals surface area contributed by atoms with Crippen LogP contribution in [0.5, 0.6) is 0 Å². The zero-order valence-electron chi connectivity index (χ0n) is 16.9. The molecule has 1 N–H and O–H groups in total. The van der Waals surface area contributed by atoms with E-state index < -0.39 is 14.6 Å². The van der Waals surface area contributed by atoms with Gasteiger partial charge in [0.15, 0.2) is 15.8 Å². The molecule has 1 aromatic carbocycles. The van der Waals surface area contributed by atoms with Gasteiger partial charge in [0.25, 0.3) is 0 Å². The maximum absolute atomic E-state index is 14.0. The fourth-order valence-electron chi connectivity index (χ4n) is 3.10. The Morgan fingerprint density at radius 2 is 2.07 bits per heavy atom. The average molecular weight is 399 g/mol. The van der Waals surface area contributed by atoms with Crippen molar-refractivity contribution in [2.75, 3.05) is 39.5 Å². The smallest absolute Gasteiger partial charge is 0.194 e. The van der Waals surface area contributed by atoms with Crippen LogP contribution in [0.2, 0.25) is 0 Å². The number of guanidine groups is 1. The predicted molar refractivity (Wildman–Crippen MR) is 108 cm³/mol. The Kier molecular flexibility index (Phi) is 6.86. The molecule has 0 amide bonds. The highest BCUT2D eigenvalue weighted by molar-refractivity contribution is 7.92. The van der Waals surface area contributed by atoms with E-state index in [1.165, 1.54) is 6.07 Å². The number of halogens is 1. The maximum Gasteiger partial charge on any atom is 0.194 e. The maximum atomic E-state index is 14.0. The molecular weight excluding hydrogens is 367 g/mol. The number of benzene rings is 1. The van der Waals surface area contributed by atoms with Gasteiger partial charge in [0.2, 0.25) is 0 Å². The monoisotopic (exact) mass is 398 g/mol. The van der Waals surface area contributed by atoms with Gasteiger partial charge < -0.3 is 15.1 Å². The number of rotatable bonds is 5. The Balaban J connectivity index is 2.19. The fraction of sp³-hybridized carbons (Fsp3) is 0.632. The van der Waals surface area contributed by atoms with Gasteiger partial charge in [-0.1, -0.05) is 6.07 Å². The van der Waals surface area contributed by atoms with Crippen LogP contribution in [-0.2, 0) is 22.9 Å². The van der Waals surface area contributed by atoms with Crippen LogP contribution in [0, 0.1) is 5.82 Å². The zero-order valence-corrected chi connectivity index (χ0v) is 17.7. The molecule has 2 rings (SSSR count). The van der Waals surface area contributed by atoms with Gasteiger partial charge >= 0.3 is 0 Å². The molecule has 1 saturated heterocycles. The zero-order chi connectivity index (χ0) is 20.2. The highest BCUT2D eigenvalue weighted by Crippen LogP contribution is 2.24. The quantitative estimate of drug-likeness (QED) is 0.606. The second kappa shape index (κ2) is 8.56. The molecule has 1 fully saturated rings. The molecule has 1 aliphatic heterocycles. The van der Waals surface area contributed by atoms with Gasteiger partial charge in [-0.25, -0.2) is 17.8 Å². The van der Waals surface area contributed by atoms with Crippen LogP contribution in [0.4, 0.5) is 4.39 Å². The molecule has 0 aliphatic carbocycles. The van der Waals surface area contributed by atoms with Crippen LogP contribution in [0.25, 0.3) is 0 Å². The summed E-state index contributed by atoms with van der Waals surface area (Å²) in [5.74, 6) is 0.596. The van der Waals surface area contributed by atoms with E-state index in [-0.39, 0.29) is 11.6 Å². The van der Waals surface area contributed by atoms with Crippen molar-refractivity contribution >= 4 is 15.8 Å².